The van der Waals surface area contributed by atoms with Crippen LogP contribution >= 0.6 is 34.7 Å². The Labute approximate surface area is 165 Å². The van der Waals surface area contributed by atoms with Crippen molar-refractivity contribution in [3.8, 4) is 0 Å². The summed E-state index contributed by atoms with van der Waals surface area (Å²) in [5.74, 6) is 1.02. The number of nitrogens with one attached hydrogen (secondary N) is 2. The highest BCUT2D eigenvalue weighted by Crippen LogP contribution is 2.18. The number of thioether (sulfide) groups is 1. The maximum atomic E-state index is 11.9. The molecule has 0 aliphatic rings. The van der Waals surface area contributed by atoms with E-state index in [0.29, 0.717) is 23.9 Å². The summed E-state index contributed by atoms with van der Waals surface area (Å²) in [6.45, 7) is 1.20. The molecular formula is C18H17ClN4OS2. The smallest absolute Gasteiger partial charge is 0.230 e. The molecule has 0 spiro atoms. The number of anilines is 1. The van der Waals surface area contributed by atoms with Gasteiger partial charge in [0.1, 0.15) is 17.2 Å². The molecule has 0 aliphatic heterocycles. The first-order valence-electron chi connectivity index (χ1n) is 7.91. The molecule has 0 saturated carbocycles. The van der Waals surface area contributed by atoms with E-state index < -0.39 is 0 Å². The van der Waals surface area contributed by atoms with Gasteiger partial charge in [-0.15, -0.1) is 11.3 Å². The highest BCUT2D eigenvalue weighted by Gasteiger charge is 2.06. The third-order valence-corrected chi connectivity index (χ3v) is 5.47. The zero-order valence-corrected chi connectivity index (χ0v) is 16.2. The van der Waals surface area contributed by atoms with Crippen molar-refractivity contribution in [1.82, 2.24) is 15.3 Å². The van der Waals surface area contributed by atoms with E-state index in [1.807, 2.05) is 47.8 Å². The minimum atomic E-state index is -0.0160. The number of nitrogens with zero attached hydrogens (tertiary/aromatic N) is 2. The number of benzene rings is 1. The van der Waals surface area contributed by atoms with Crippen LogP contribution < -0.4 is 10.6 Å². The molecule has 0 atom stereocenters. The molecule has 0 unspecified atom stereocenters. The predicted octanol–water partition coefficient (Wildman–Crippen LogP) is 4.21. The quantitative estimate of drug-likeness (QED) is 0.434. The van der Waals surface area contributed by atoms with Gasteiger partial charge in [-0.2, -0.15) is 0 Å². The third-order valence-electron chi connectivity index (χ3n) is 3.42. The number of hydrogen-bond donors (Lipinski definition) is 2. The largest absolute Gasteiger partial charge is 0.366 e. The molecule has 5 nitrogen and oxygen atoms in total. The maximum Gasteiger partial charge on any atom is 0.230 e. The molecule has 8 heteroatoms. The monoisotopic (exact) mass is 404 g/mol. The van der Waals surface area contributed by atoms with Crippen LogP contribution in [-0.4, -0.2) is 21.6 Å². The van der Waals surface area contributed by atoms with E-state index in [-0.39, 0.29) is 5.91 Å². The molecule has 0 saturated heterocycles. The number of amides is 1. The first-order valence-corrected chi connectivity index (χ1v) is 10.2. The van der Waals surface area contributed by atoms with E-state index in [0.717, 1.165) is 21.3 Å². The number of aromatic nitrogens is 2. The Hall–Kier alpha value is -2.09. The van der Waals surface area contributed by atoms with Crippen LogP contribution in [0.3, 0.4) is 0 Å². The Morgan fingerprint density at radius 3 is 2.77 bits per heavy atom. The van der Waals surface area contributed by atoms with Gasteiger partial charge < -0.3 is 10.6 Å². The lowest BCUT2D eigenvalue weighted by Gasteiger charge is -2.07. The summed E-state index contributed by atoms with van der Waals surface area (Å²) in [5, 5.41) is 9.61. The highest BCUT2D eigenvalue weighted by atomic mass is 35.5. The molecule has 0 bridgehead atoms. The molecule has 0 radical (unpaired) electrons. The molecule has 3 rings (SSSR count). The number of hydrogen-bond acceptors (Lipinski definition) is 6. The van der Waals surface area contributed by atoms with Crippen molar-refractivity contribution in [1.29, 1.82) is 0 Å². The standard InChI is InChI=1S/C18H17ClN4OS2/c19-14-5-3-13(4-6-14)9-20-16-8-18(23-12-22-16)26-11-17(24)21-10-15-2-1-7-25-15/h1-8,12H,9-11H2,(H,21,24)(H,20,22,23). The highest BCUT2D eigenvalue weighted by molar-refractivity contribution is 7.99. The van der Waals surface area contributed by atoms with Gasteiger partial charge in [0.05, 0.1) is 12.3 Å². The molecule has 134 valence electrons. The Bertz CT molecular complexity index is 841. The second-order valence-corrected chi connectivity index (χ2v) is 7.83. The minimum Gasteiger partial charge on any atom is -0.366 e. The average Bonchev–Trinajstić information content (AvgIpc) is 3.18. The molecule has 3 aromatic rings. The zero-order valence-electron chi connectivity index (χ0n) is 13.8. The molecule has 1 amide bonds. The Balaban J connectivity index is 1.45. The zero-order chi connectivity index (χ0) is 18.2. The van der Waals surface area contributed by atoms with Crippen LogP contribution in [0.15, 0.2) is 59.2 Å². The fourth-order valence-electron chi connectivity index (χ4n) is 2.10. The van der Waals surface area contributed by atoms with Crippen LogP contribution in [0.2, 0.25) is 5.02 Å². The van der Waals surface area contributed by atoms with Crippen LogP contribution in [0.1, 0.15) is 10.4 Å². The summed E-state index contributed by atoms with van der Waals surface area (Å²) in [4.78, 5) is 21.5. The predicted molar refractivity (Wildman–Crippen MR) is 108 cm³/mol. The van der Waals surface area contributed by atoms with E-state index in [1.54, 1.807) is 11.3 Å². The van der Waals surface area contributed by atoms with E-state index in [1.165, 1.54) is 18.1 Å². The molecule has 1 aromatic carbocycles. The van der Waals surface area contributed by atoms with Crippen molar-refractivity contribution < 1.29 is 4.79 Å². The fraction of sp³-hybridized carbons (Fsp3) is 0.167. The molecule has 26 heavy (non-hydrogen) atoms. The van der Waals surface area contributed by atoms with E-state index in [4.69, 9.17) is 11.6 Å². The van der Waals surface area contributed by atoms with Gasteiger partial charge >= 0.3 is 0 Å². The van der Waals surface area contributed by atoms with Crippen LogP contribution in [0, 0.1) is 0 Å². The van der Waals surface area contributed by atoms with Crippen molar-refractivity contribution in [2.24, 2.45) is 0 Å². The number of carbonyl (C=O) groups is 1. The molecular weight excluding hydrogens is 388 g/mol. The number of rotatable bonds is 8. The molecule has 2 N–H and O–H groups in total. The van der Waals surface area contributed by atoms with Crippen LogP contribution in [0.25, 0.3) is 0 Å². The molecule has 0 aliphatic carbocycles. The second kappa shape index (κ2) is 9.56. The summed E-state index contributed by atoms with van der Waals surface area (Å²) in [5.41, 5.74) is 1.11. The normalized spacial score (nSPS) is 10.5. The van der Waals surface area contributed by atoms with Crippen molar-refractivity contribution in [2.45, 2.75) is 18.1 Å². The van der Waals surface area contributed by atoms with Crippen LogP contribution in [0.5, 0.6) is 0 Å². The first kappa shape index (κ1) is 18.7. The summed E-state index contributed by atoms with van der Waals surface area (Å²) in [6.07, 6.45) is 1.50. The van der Waals surface area contributed by atoms with Crippen molar-refractivity contribution in [2.75, 3.05) is 11.1 Å². The first-order chi connectivity index (χ1) is 12.7. The molecule has 0 fully saturated rings. The van der Waals surface area contributed by atoms with Gasteiger partial charge in [0, 0.05) is 22.5 Å². The Kier molecular flexibility index (Phi) is 6.88. The van der Waals surface area contributed by atoms with Gasteiger partial charge in [-0.25, -0.2) is 9.97 Å². The van der Waals surface area contributed by atoms with E-state index >= 15 is 0 Å². The van der Waals surface area contributed by atoms with Crippen molar-refractivity contribution in [3.63, 3.8) is 0 Å². The van der Waals surface area contributed by atoms with Gasteiger partial charge in [-0.1, -0.05) is 41.6 Å². The van der Waals surface area contributed by atoms with Gasteiger partial charge in [0.25, 0.3) is 0 Å². The lowest BCUT2D eigenvalue weighted by atomic mass is 10.2. The Morgan fingerprint density at radius 1 is 1.15 bits per heavy atom. The fourth-order valence-corrected chi connectivity index (χ4v) is 3.57. The number of thiophene rings is 1. The number of carbonyl (C=O) groups excluding carboxylic acids is 1. The second-order valence-electron chi connectivity index (χ2n) is 5.37. The van der Waals surface area contributed by atoms with E-state index in [9.17, 15) is 4.79 Å². The van der Waals surface area contributed by atoms with E-state index in [2.05, 4.69) is 20.6 Å². The Morgan fingerprint density at radius 2 is 2.00 bits per heavy atom. The number of halogens is 1. The average molecular weight is 405 g/mol. The van der Waals surface area contributed by atoms with Crippen LogP contribution in [0.4, 0.5) is 5.82 Å². The topological polar surface area (TPSA) is 66.9 Å². The van der Waals surface area contributed by atoms with Crippen molar-refractivity contribution >= 4 is 46.4 Å². The van der Waals surface area contributed by atoms with Crippen LogP contribution in [-0.2, 0) is 17.9 Å². The van der Waals surface area contributed by atoms with Gasteiger partial charge in [0.15, 0.2) is 0 Å². The van der Waals surface area contributed by atoms with Gasteiger partial charge in [-0.3, -0.25) is 4.79 Å². The summed E-state index contributed by atoms with van der Waals surface area (Å²) < 4.78 is 0. The third kappa shape index (κ3) is 6.01. The summed E-state index contributed by atoms with van der Waals surface area (Å²) in [7, 11) is 0. The minimum absolute atomic E-state index is 0.0160. The lowest BCUT2D eigenvalue weighted by molar-refractivity contribution is -0.118. The molecule has 2 aromatic heterocycles. The van der Waals surface area contributed by atoms with Gasteiger partial charge in [-0.05, 0) is 29.1 Å². The maximum absolute atomic E-state index is 11.9. The lowest BCUT2D eigenvalue weighted by Crippen LogP contribution is -2.24. The summed E-state index contributed by atoms with van der Waals surface area (Å²) in [6, 6.07) is 13.5. The van der Waals surface area contributed by atoms with Gasteiger partial charge in [0.2, 0.25) is 5.91 Å². The molecule has 2 heterocycles. The SMILES string of the molecule is O=C(CSc1cc(NCc2ccc(Cl)cc2)ncn1)NCc1cccs1. The van der Waals surface area contributed by atoms with Crippen molar-refractivity contribution in [3.05, 3.63) is 69.6 Å². The summed E-state index contributed by atoms with van der Waals surface area (Å²) >= 11 is 8.90.